The molecule has 0 bridgehead atoms. The normalized spacial score (nSPS) is 17.0. The summed E-state index contributed by atoms with van der Waals surface area (Å²) in [6.45, 7) is 26.2. The smallest absolute Gasteiger partial charge is 0.330 e. The molecule has 0 aliphatic rings. The molecule has 2 unspecified atom stereocenters. The molecular weight excluding hydrogens is 372 g/mol. The molecule has 0 fully saturated rings. The number of carboxylic acids is 1. The second kappa shape index (κ2) is 9.37. The van der Waals surface area contributed by atoms with Gasteiger partial charge in [0.2, 0.25) is 0 Å². The van der Waals surface area contributed by atoms with Crippen LogP contribution in [0.15, 0.2) is 11.6 Å². The Morgan fingerprint density at radius 2 is 1.37 bits per heavy atom. The molecule has 0 spiro atoms. The monoisotopic (exact) mass is 416 g/mol. The van der Waals surface area contributed by atoms with Crippen LogP contribution in [0.3, 0.4) is 0 Å². The standard InChI is InChI=1S/C21H44O4Si2/c1-16(19(22)23)13-14-18(25-27(11,12)21(6,7)8)15-17(2)24-26(9,10)20(3,4)5/h13,17-18H,14-15H2,1-12H3,(H,22,23). The van der Waals surface area contributed by atoms with E-state index in [-0.39, 0.29) is 22.3 Å². The third kappa shape index (κ3) is 8.63. The van der Waals surface area contributed by atoms with Gasteiger partial charge in [-0.2, -0.15) is 0 Å². The molecular formula is C21H44O4Si2. The molecule has 0 aromatic rings. The maximum Gasteiger partial charge on any atom is 0.330 e. The number of carboxylic acid groups (broad SMARTS) is 1. The largest absolute Gasteiger partial charge is 0.478 e. The topological polar surface area (TPSA) is 55.8 Å². The zero-order valence-electron chi connectivity index (χ0n) is 19.8. The number of carbonyl (C=O) groups is 1. The van der Waals surface area contributed by atoms with E-state index in [0.717, 1.165) is 6.42 Å². The summed E-state index contributed by atoms with van der Waals surface area (Å²) >= 11 is 0. The van der Waals surface area contributed by atoms with Gasteiger partial charge < -0.3 is 14.0 Å². The molecule has 27 heavy (non-hydrogen) atoms. The van der Waals surface area contributed by atoms with Gasteiger partial charge in [-0.15, -0.1) is 0 Å². The van der Waals surface area contributed by atoms with E-state index in [1.165, 1.54) is 0 Å². The maximum absolute atomic E-state index is 11.2. The Labute approximate surface area is 170 Å². The van der Waals surface area contributed by atoms with Crippen LogP contribution >= 0.6 is 0 Å². The molecule has 1 N–H and O–H groups in total. The van der Waals surface area contributed by atoms with Crippen molar-refractivity contribution in [2.45, 2.75) is 117 Å². The van der Waals surface area contributed by atoms with E-state index < -0.39 is 22.6 Å². The van der Waals surface area contributed by atoms with E-state index in [1.807, 2.05) is 0 Å². The van der Waals surface area contributed by atoms with Crippen LogP contribution < -0.4 is 0 Å². The van der Waals surface area contributed by atoms with Crippen molar-refractivity contribution in [2.24, 2.45) is 0 Å². The Kier molecular flexibility index (Phi) is 9.22. The van der Waals surface area contributed by atoms with Crippen molar-refractivity contribution in [1.82, 2.24) is 0 Å². The van der Waals surface area contributed by atoms with Crippen molar-refractivity contribution in [3.8, 4) is 0 Å². The fourth-order valence-electron chi connectivity index (χ4n) is 2.28. The molecule has 0 aromatic carbocycles. The minimum atomic E-state index is -1.95. The van der Waals surface area contributed by atoms with Gasteiger partial charge in [-0.1, -0.05) is 47.6 Å². The van der Waals surface area contributed by atoms with Crippen molar-refractivity contribution >= 4 is 22.6 Å². The van der Waals surface area contributed by atoms with Gasteiger partial charge in [-0.25, -0.2) is 4.79 Å². The molecule has 0 saturated carbocycles. The summed E-state index contributed by atoms with van der Waals surface area (Å²) in [5, 5.41) is 9.44. The van der Waals surface area contributed by atoms with Crippen LogP contribution in [0.5, 0.6) is 0 Å². The fourth-order valence-corrected chi connectivity index (χ4v) is 5.11. The highest BCUT2D eigenvalue weighted by Crippen LogP contribution is 2.40. The highest BCUT2D eigenvalue weighted by atomic mass is 28.4. The number of rotatable bonds is 9. The van der Waals surface area contributed by atoms with Crippen LogP contribution in [0, 0.1) is 0 Å². The second-order valence-electron chi connectivity index (χ2n) is 10.9. The van der Waals surface area contributed by atoms with E-state index in [9.17, 15) is 4.79 Å². The van der Waals surface area contributed by atoms with E-state index in [1.54, 1.807) is 13.0 Å². The quantitative estimate of drug-likeness (QED) is 0.340. The van der Waals surface area contributed by atoms with Gasteiger partial charge in [-0.3, -0.25) is 0 Å². The lowest BCUT2D eigenvalue weighted by molar-refractivity contribution is -0.132. The molecule has 6 heteroatoms. The average Bonchev–Trinajstić information content (AvgIpc) is 2.40. The molecule has 0 aliphatic carbocycles. The molecule has 0 aromatic heterocycles. The summed E-state index contributed by atoms with van der Waals surface area (Å²) in [5.74, 6) is -0.869. The Bertz CT molecular complexity index is 525. The van der Waals surface area contributed by atoms with Gasteiger partial charge in [0.1, 0.15) is 0 Å². The lowest BCUT2D eigenvalue weighted by Gasteiger charge is -2.42. The van der Waals surface area contributed by atoms with Crippen molar-refractivity contribution in [2.75, 3.05) is 0 Å². The summed E-state index contributed by atoms with van der Waals surface area (Å²) in [6, 6.07) is 0. The van der Waals surface area contributed by atoms with E-state index in [0.29, 0.717) is 12.0 Å². The predicted octanol–water partition coefficient (Wildman–Crippen LogP) is 6.60. The summed E-state index contributed by atoms with van der Waals surface area (Å²) in [7, 11) is -3.80. The van der Waals surface area contributed by atoms with Gasteiger partial charge >= 0.3 is 5.97 Å². The van der Waals surface area contributed by atoms with Crippen molar-refractivity contribution < 1.29 is 18.8 Å². The fraction of sp³-hybridized carbons (Fsp3) is 0.857. The summed E-state index contributed by atoms with van der Waals surface area (Å²) < 4.78 is 13.2. The van der Waals surface area contributed by atoms with Crippen LogP contribution in [-0.2, 0) is 13.6 Å². The molecule has 0 aliphatic heterocycles. The Morgan fingerprint density at radius 3 is 1.74 bits per heavy atom. The Balaban J connectivity index is 5.36. The van der Waals surface area contributed by atoms with Crippen LogP contribution in [0.25, 0.3) is 0 Å². The first kappa shape index (κ1) is 26.6. The van der Waals surface area contributed by atoms with Crippen molar-refractivity contribution in [3.05, 3.63) is 11.6 Å². The van der Waals surface area contributed by atoms with Gasteiger partial charge in [-0.05, 0) is 63.0 Å². The third-order valence-corrected chi connectivity index (χ3v) is 15.3. The molecule has 0 saturated heterocycles. The van der Waals surface area contributed by atoms with E-state index in [4.69, 9.17) is 14.0 Å². The molecule has 0 rings (SSSR count). The summed E-state index contributed by atoms with van der Waals surface area (Å²) in [5.41, 5.74) is 0.372. The average molecular weight is 417 g/mol. The molecule has 2 atom stereocenters. The zero-order valence-corrected chi connectivity index (χ0v) is 21.8. The van der Waals surface area contributed by atoms with Crippen LogP contribution in [0.1, 0.15) is 68.2 Å². The third-order valence-electron chi connectivity index (χ3n) is 6.19. The first-order valence-electron chi connectivity index (χ1n) is 10.1. The minimum absolute atomic E-state index is 0.0278. The Hall–Kier alpha value is -0.436. The lowest BCUT2D eigenvalue weighted by Crippen LogP contribution is -2.46. The number of hydrogen-bond donors (Lipinski definition) is 1. The molecule has 0 amide bonds. The molecule has 0 heterocycles. The molecule has 160 valence electrons. The lowest BCUT2D eigenvalue weighted by atomic mass is 10.1. The van der Waals surface area contributed by atoms with E-state index >= 15 is 0 Å². The predicted molar refractivity (Wildman–Crippen MR) is 120 cm³/mol. The van der Waals surface area contributed by atoms with Crippen molar-refractivity contribution in [3.63, 3.8) is 0 Å². The minimum Gasteiger partial charge on any atom is -0.478 e. The van der Waals surface area contributed by atoms with Gasteiger partial charge in [0.05, 0.1) is 6.10 Å². The van der Waals surface area contributed by atoms with Gasteiger partial charge in [0, 0.05) is 11.7 Å². The first-order chi connectivity index (χ1) is 11.8. The molecule has 0 radical (unpaired) electrons. The Morgan fingerprint density at radius 1 is 0.963 bits per heavy atom. The van der Waals surface area contributed by atoms with Gasteiger partial charge in [0.25, 0.3) is 0 Å². The SMILES string of the molecule is CC(=CCC(CC(C)O[Si](C)(C)C(C)(C)C)O[Si](C)(C)C(C)(C)C)C(=O)O. The summed E-state index contributed by atoms with van der Waals surface area (Å²) in [6.07, 6.45) is 3.23. The number of aliphatic carboxylic acids is 1. The summed E-state index contributed by atoms with van der Waals surface area (Å²) in [4.78, 5) is 11.2. The van der Waals surface area contributed by atoms with Crippen LogP contribution in [-0.4, -0.2) is 39.9 Å². The highest BCUT2D eigenvalue weighted by Gasteiger charge is 2.41. The van der Waals surface area contributed by atoms with Crippen LogP contribution in [0.2, 0.25) is 36.3 Å². The first-order valence-corrected chi connectivity index (χ1v) is 15.9. The highest BCUT2D eigenvalue weighted by molar-refractivity contribution is 6.74. The second-order valence-corrected chi connectivity index (χ2v) is 20.4. The van der Waals surface area contributed by atoms with Crippen LogP contribution in [0.4, 0.5) is 0 Å². The molecule has 4 nitrogen and oxygen atoms in total. The van der Waals surface area contributed by atoms with Crippen molar-refractivity contribution in [1.29, 1.82) is 0 Å². The number of hydrogen-bond acceptors (Lipinski definition) is 3. The van der Waals surface area contributed by atoms with E-state index in [2.05, 4.69) is 74.7 Å². The van der Waals surface area contributed by atoms with Gasteiger partial charge in [0.15, 0.2) is 16.6 Å². The maximum atomic E-state index is 11.2. The zero-order chi connectivity index (χ0) is 21.8.